The standard InChI is InChI=1S/C12H20N2/c1-9(2)14-8-12(13)11-6-4-10(3)5-7-11/h4-7,9,12,14H,8,13H2,1-3H3. The zero-order valence-electron chi connectivity index (χ0n) is 9.25. The van der Waals surface area contributed by atoms with Gasteiger partial charge in [0.1, 0.15) is 0 Å². The van der Waals surface area contributed by atoms with Crippen molar-refractivity contribution < 1.29 is 0 Å². The topological polar surface area (TPSA) is 38.0 Å². The van der Waals surface area contributed by atoms with Crippen molar-refractivity contribution in [3.63, 3.8) is 0 Å². The molecule has 1 rings (SSSR count). The van der Waals surface area contributed by atoms with Gasteiger partial charge in [0.05, 0.1) is 0 Å². The van der Waals surface area contributed by atoms with Crippen molar-refractivity contribution in [2.24, 2.45) is 5.73 Å². The molecule has 0 radical (unpaired) electrons. The van der Waals surface area contributed by atoms with E-state index in [9.17, 15) is 0 Å². The summed E-state index contributed by atoms with van der Waals surface area (Å²) in [5.74, 6) is 0. The molecule has 1 unspecified atom stereocenters. The summed E-state index contributed by atoms with van der Waals surface area (Å²) in [4.78, 5) is 0. The van der Waals surface area contributed by atoms with Crippen LogP contribution < -0.4 is 11.1 Å². The van der Waals surface area contributed by atoms with Gasteiger partial charge in [0.25, 0.3) is 0 Å². The van der Waals surface area contributed by atoms with E-state index in [1.54, 1.807) is 0 Å². The Balaban J connectivity index is 2.52. The van der Waals surface area contributed by atoms with Crippen LogP contribution in [0.25, 0.3) is 0 Å². The maximum atomic E-state index is 6.03. The van der Waals surface area contributed by atoms with Crippen LogP contribution in [0.1, 0.15) is 31.0 Å². The molecule has 2 heteroatoms. The molecule has 1 aromatic carbocycles. The van der Waals surface area contributed by atoms with Crippen LogP contribution in [-0.2, 0) is 0 Å². The number of rotatable bonds is 4. The Morgan fingerprint density at radius 3 is 2.29 bits per heavy atom. The number of nitrogens with two attached hydrogens (primary N) is 1. The Morgan fingerprint density at radius 2 is 1.79 bits per heavy atom. The van der Waals surface area contributed by atoms with Gasteiger partial charge in [-0.15, -0.1) is 0 Å². The van der Waals surface area contributed by atoms with Gasteiger partial charge in [-0.05, 0) is 12.5 Å². The van der Waals surface area contributed by atoms with E-state index in [-0.39, 0.29) is 6.04 Å². The van der Waals surface area contributed by atoms with Crippen LogP contribution in [0.5, 0.6) is 0 Å². The first kappa shape index (κ1) is 11.2. The molecule has 2 nitrogen and oxygen atoms in total. The molecular weight excluding hydrogens is 172 g/mol. The molecule has 0 aliphatic rings. The van der Waals surface area contributed by atoms with Gasteiger partial charge >= 0.3 is 0 Å². The monoisotopic (exact) mass is 192 g/mol. The number of hydrogen-bond acceptors (Lipinski definition) is 2. The molecular formula is C12H20N2. The maximum Gasteiger partial charge on any atom is 0.0421 e. The highest BCUT2D eigenvalue weighted by molar-refractivity contribution is 5.24. The quantitative estimate of drug-likeness (QED) is 0.765. The number of aryl methyl sites for hydroxylation is 1. The van der Waals surface area contributed by atoms with Gasteiger partial charge in [0.15, 0.2) is 0 Å². The van der Waals surface area contributed by atoms with E-state index in [1.165, 1.54) is 11.1 Å². The van der Waals surface area contributed by atoms with E-state index in [0.717, 1.165) is 6.54 Å². The fraction of sp³-hybridized carbons (Fsp3) is 0.500. The molecule has 0 aliphatic carbocycles. The fourth-order valence-corrected chi connectivity index (χ4v) is 1.29. The van der Waals surface area contributed by atoms with Crippen molar-refractivity contribution in [2.75, 3.05) is 6.54 Å². The molecule has 78 valence electrons. The van der Waals surface area contributed by atoms with Crippen LogP contribution in [0.15, 0.2) is 24.3 Å². The van der Waals surface area contributed by atoms with E-state index in [2.05, 4.69) is 50.4 Å². The minimum absolute atomic E-state index is 0.0954. The van der Waals surface area contributed by atoms with Crippen molar-refractivity contribution in [3.8, 4) is 0 Å². The van der Waals surface area contributed by atoms with Gasteiger partial charge in [-0.3, -0.25) is 0 Å². The van der Waals surface area contributed by atoms with E-state index < -0.39 is 0 Å². The lowest BCUT2D eigenvalue weighted by Gasteiger charge is -2.15. The summed E-state index contributed by atoms with van der Waals surface area (Å²) in [6.07, 6.45) is 0. The lowest BCUT2D eigenvalue weighted by Crippen LogP contribution is -2.31. The molecule has 0 aliphatic heterocycles. The third-order valence-electron chi connectivity index (χ3n) is 2.25. The van der Waals surface area contributed by atoms with Crippen molar-refractivity contribution >= 4 is 0 Å². The van der Waals surface area contributed by atoms with Crippen molar-refractivity contribution in [1.82, 2.24) is 5.32 Å². The summed E-state index contributed by atoms with van der Waals surface area (Å²) in [7, 11) is 0. The first-order chi connectivity index (χ1) is 6.59. The van der Waals surface area contributed by atoms with Crippen LogP contribution in [0.3, 0.4) is 0 Å². The van der Waals surface area contributed by atoms with Crippen LogP contribution in [0.4, 0.5) is 0 Å². The van der Waals surface area contributed by atoms with E-state index in [1.807, 2.05) is 0 Å². The predicted molar refractivity (Wildman–Crippen MR) is 61.2 cm³/mol. The number of nitrogens with one attached hydrogen (secondary N) is 1. The second kappa shape index (κ2) is 5.13. The second-order valence-corrected chi connectivity index (χ2v) is 4.08. The summed E-state index contributed by atoms with van der Waals surface area (Å²) < 4.78 is 0. The molecule has 0 amide bonds. The SMILES string of the molecule is Cc1ccc(C(N)CNC(C)C)cc1. The Morgan fingerprint density at radius 1 is 1.21 bits per heavy atom. The largest absolute Gasteiger partial charge is 0.323 e. The average molecular weight is 192 g/mol. The second-order valence-electron chi connectivity index (χ2n) is 4.08. The summed E-state index contributed by atoms with van der Waals surface area (Å²) in [6, 6.07) is 8.99. The number of hydrogen-bond donors (Lipinski definition) is 2. The molecule has 0 spiro atoms. The minimum atomic E-state index is 0.0954. The van der Waals surface area contributed by atoms with Crippen LogP contribution in [0.2, 0.25) is 0 Å². The molecule has 0 saturated heterocycles. The highest BCUT2D eigenvalue weighted by Crippen LogP contribution is 2.10. The first-order valence-electron chi connectivity index (χ1n) is 5.15. The normalized spacial score (nSPS) is 13.2. The van der Waals surface area contributed by atoms with E-state index in [4.69, 9.17) is 5.73 Å². The van der Waals surface area contributed by atoms with Crippen molar-refractivity contribution in [2.45, 2.75) is 32.9 Å². The lowest BCUT2D eigenvalue weighted by atomic mass is 10.1. The van der Waals surface area contributed by atoms with Crippen LogP contribution in [0, 0.1) is 6.92 Å². The molecule has 0 fully saturated rings. The minimum Gasteiger partial charge on any atom is -0.323 e. The third kappa shape index (κ3) is 3.48. The van der Waals surface area contributed by atoms with Gasteiger partial charge in [0, 0.05) is 18.6 Å². The Hall–Kier alpha value is -0.860. The smallest absolute Gasteiger partial charge is 0.0421 e. The van der Waals surface area contributed by atoms with Gasteiger partial charge in [0.2, 0.25) is 0 Å². The number of benzene rings is 1. The summed E-state index contributed by atoms with van der Waals surface area (Å²) in [5.41, 5.74) is 8.50. The molecule has 1 atom stereocenters. The first-order valence-corrected chi connectivity index (χ1v) is 5.15. The third-order valence-corrected chi connectivity index (χ3v) is 2.25. The van der Waals surface area contributed by atoms with Gasteiger partial charge in [-0.1, -0.05) is 43.7 Å². The Kier molecular flexibility index (Phi) is 4.11. The molecule has 0 bridgehead atoms. The molecule has 0 aromatic heterocycles. The summed E-state index contributed by atoms with van der Waals surface area (Å²) >= 11 is 0. The van der Waals surface area contributed by atoms with Crippen molar-refractivity contribution in [1.29, 1.82) is 0 Å². The van der Waals surface area contributed by atoms with Crippen molar-refractivity contribution in [3.05, 3.63) is 35.4 Å². The predicted octanol–water partition coefficient (Wildman–Crippen LogP) is 1.99. The Labute approximate surface area is 86.5 Å². The highest BCUT2D eigenvalue weighted by atomic mass is 14.9. The van der Waals surface area contributed by atoms with Crippen LogP contribution in [-0.4, -0.2) is 12.6 Å². The zero-order chi connectivity index (χ0) is 10.6. The van der Waals surface area contributed by atoms with Crippen LogP contribution >= 0.6 is 0 Å². The van der Waals surface area contributed by atoms with Gasteiger partial charge in [-0.25, -0.2) is 0 Å². The maximum absolute atomic E-state index is 6.03. The molecule has 1 aromatic rings. The molecule has 14 heavy (non-hydrogen) atoms. The summed E-state index contributed by atoms with van der Waals surface area (Å²) in [6.45, 7) is 7.17. The lowest BCUT2D eigenvalue weighted by molar-refractivity contribution is 0.538. The molecule has 0 heterocycles. The summed E-state index contributed by atoms with van der Waals surface area (Å²) in [5, 5.41) is 3.33. The highest BCUT2D eigenvalue weighted by Gasteiger charge is 2.05. The van der Waals surface area contributed by atoms with E-state index in [0.29, 0.717) is 6.04 Å². The molecule has 3 N–H and O–H groups in total. The average Bonchev–Trinajstić information content (AvgIpc) is 2.15. The zero-order valence-corrected chi connectivity index (χ0v) is 9.25. The Bertz CT molecular complexity index is 264. The fourth-order valence-electron chi connectivity index (χ4n) is 1.29. The van der Waals surface area contributed by atoms with Gasteiger partial charge in [-0.2, -0.15) is 0 Å². The van der Waals surface area contributed by atoms with E-state index >= 15 is 0 Å². The van der Waals surface area contributed by atoms with Gasteiger partial charge < -0.3 is 11.1 Å². The molecule has 0 saturated carbocycles.